The minimum absolute atomic E-state index is 0.000267. The van der Waals surface area contributed by atoms with Crippen LogP contribution >= 0.6 is 0 Å². The summed E-state index contributed by atoms with van der Waals surface area (Å²) in [6.45, 7) is 5.24. The summed E-state index contributed by atoms with van der Waals surface area (Å²) in [7, 11) is 1.85. The van der Waals surface area contributed by atoms with Crippen molar-refractivity contribution in [2.45, 2.75) is 26.2 Å². The van der Waals surface area contributed by atoms with Gasteiger partial charge in [0.25, 0.3) is 5.91 Å². The maximum atomic E-state index is 13.0. The first-order valence-electron chi connectivity index (χ1n) is 10.3. The molecule has 154 valence electrons. The molecule has 0 aromatic heterocycles. The average Bonchev–Trinajstić information content (AvgIpc) is 2.73. The smallest absolute Gasteiger partial charge is 0.253 e. The molecular weight excluding hydrogens is 367 g/mol. The number of carbonyl (C=O) groups excluding carboxylic acids is 2. The van der Waals surface area contributed by atoms with Crippen molar-refractivity contribution in [3.8, 4) is 0 Å². The van der Waals surface area contributed by atoms with E-state index in [0.717, 1.165) is 51.0 Å². The SMILES string of the molecule is CC(=O)c1ccc(C(=O)N(C)C[C@@H]2CCCN(CCc3ccc(F)cc3)C2)cc1. The lowest BCUT2D eigenvalue weighted by Gasteiger charge is -2.34. The van der Waals surface area contributed by atoms with E-state index in [-0.39, 0.29) is 17.5 Å². The lowest BCUT2D eigenvalue weighted by atomic mass is 9.96. The summed E-state index contributed by atoms with van der Waals surface area (Å²) in [6, 6.07) is 13.6. The Morgan fingerprint density at radius 2 is 1.72 bits per heavy atom. The predicted octanol–water partition coefficient (Wildman–Crippen LogP) is 4.06. The second-order valence-electron chi connectivity index (χ2n) is 8.00. The Bertz CT molecular complexity index is 833. The van der Waals surface area contributed by atoms with E-state index in [2.05, 4.69) is 4.90 Å². The maximum absolute atomic E-state index is 13.0. The van der Waals surface area contributed by atoms with Crippen LogP contribution in [0.4, 0.5) is 4.39 Å². The van der Waals surface area contributed by atoms with Crippen molar-refractivity contribution >= 4 is 11.7 Å². The van der Waals surface area contributed by atoms with E-state index in [1.807, 2.05) is 19.2 Å². The van der Waals surface area contributed by atoms with Gasteiger partial charge in [-0.3, -0.25) is 9.59 Å². The van der Waals surface area contributed by atoms with Crippen LogP contribution in [0.15, 0.2) is 48.5 Å². The van der Waals surface area contributed by atoms with Gasteiger partial charge in [-0.2, -0.15) is 0 Å². The second-order valence-corrected chi connectivity index (χ2v) is 8.00. The molecule has 0 unspecified atom stereocenters. The monoisotopic (exact) mass is 396 g/mol. The van der Waals surface area contributed by atoms with Crippen molar-refractivity contribution < 1.29 is 14.0 Å². The minimum Gasteiger partial charge on any atom is -0.341 e. The zero-order valence-corrected chi connectivity index (χ0v) is 17.2. The summed E-state index contributed by atoms with van der Waals surface area (Å²) < 4.78 is 13.0. The van der Waals surface area contributed by atoms with Gasteiger partial charge in [0, 0.05) is 37.8 Å². The van der Waals surface area contributed by atoms with E-state index in [0.29, 0.717) is 17.0 Å². The first-order chi connectivity index (χ1) is 13.9. The van der Waals surface area contributed by atoms with Crippen LogP contribution in [0.1, 0.15) is 46.0 Å². The molecule has 29 heavy (non-hydrogen) atoms. The molecule has 1 aliphatic rings. The molecule has 2 aromatic rings. The van der Waals surface area contributed by atoms with Gasteiger partial charge < -0.3 is 9.80 Å². The van der Waals surface area contributed by atoms with Crippen LogP contribution < -0.4 is 0 Å². The molecular formula is C24H29FN2O2. The Hall–Kier alpha value is -2.53. The molecule has 1 fully saturated rings. The Morgan fingerprint density at radius 3 is 2.38 bits per heavy atom. The van der Waals surface area contributed by atoms with Gasteiger partial charge in [0.2, 0.25) is 0 Å². The first-order valence-corrected chi connectivity index (χ1v) is 10.3. The molecule has 1 atom stereocenters. The highest BCUT2D eigenvalue weighted by Gasteiger charge is 2.23. The van der Waals surface area contributed by atoms with E-state index in [1.54, 1.807) is 29.2 Å². The van der Waals surface area contributed by atoms with E-state index in [9.17, 15) is 14.0 Å². The maximum Gasteiger partial charge on any atom is 0.253 e. The molecule has 5 heteroatoms. The summed E-state index contributed by atoms with van der Waals surface area (Å²) in [4.78, 5) is 28.3. The number of benzene rings is 2. The lowest BCUT2D eigenvalue weighted by molar-refractivity contribution is 0.0730. The summed E-state index contributed by atoms with van der Waals surface area (Å²) in [5.74, 6) is 0.238. The largest absolute Gasteiger partial charge is 0.341 e. The van der Waals surface area contributed by atoms with Crippen molar-refractivity contribution in [3.05, 3.63) is 71.0 Å². The molecule has 0 N–H and O–H groups in total. The van der Waals surface area contributed by atoms with Crippen LogP contribution in [0.25, 0.3) is 0 Å². The van der Waals surface area contributed by atoms with Gasteiger partial charge in [0.15, 0.2) is 5.78 Å². The number of hydrogen-bond acceptors (Lipinski definition) is 3. The quantitative estimate of drug-likeness (QED) is 0.663. The Balaban J connectivity index is 1.50. The highest BCUT2D eigenvalue weighted by molar-refractivity contribution is 5.97. The Labute approximate surface area is 172 Å². The number of piperidine rings is 1. The molecule has 1 saturated heterocycles. The third kappa shape index (κ3) is 5.97. The Kier molecular flexibility index (Phi) is 7.15. The topological polar surface area (TPSA) is 40.6 Å². The number of nitrogens with zero attached hydrogens (tertiary/aromatic N) is 2. The first kappa shape index (κ1) is 21.2. The summed E-state index contributed by atoms with van der Waals surface area (Å²) in [6.07, 6.45) is 3.15. The molecule has 0 radical (unpaired) electrons. The Morgan fingerprint density at radius 1 is 1.07 bits per heavy atom. The van der Waals surface area contributed by atoms with E-state index < -0.39 is 0 Å². The van der Waals surface area contributed by atoms with Gasteiger partial charge >= 0.3 is 0 Å². The van der Waals surface area contributed by atoms with Crippen LogP contribution in [-0.4, -0.2) is 54.7 Å². The van der Waals surface area contributed by atoms with Crippen LogP contribution in [0, 0.1) is 11.7 Å². The summed E-state index contributed by atoms with van der Waals surface area (Å²) >= 11 is 0. The van der Waals surface area contributed by atoms with Crippen molar-refractivity contribution in [2.24, 2.45) is 5.92 Å². The molecule has 0 saturated carbocycles. The van der Waals surface area contributed by atoms with Gasteiger partial charge in [0.05, 0.1) is 0 Å². The molecule has 1 heterocycles. The predicted molar refractivity (Wildman–Crippen MR) is 113 cm³/mol. The molecule has 3 rings (SSSR count). The van der Waals surface area contributed by atoms with E-state index in [4.69, 9.17) is 0 Å². The van der Waals surface area contributed by atoms with Crippen molar-refractivity contribution in [1.82, 2.24) is 9.80 Å². The van der Waals surface area contributed by atoms with Gasteiger partial charge in [0.1, 0.15) is 5.82 Å². The second kappa shape index (κ2) is 9.79. The van der Waals surface area contributed by atoms with E-state index in [1.165, 1.54) is 19.1 Å². The number of halogens is 1. The van der Waals surface area contributed by atoms with Crippen molar-refractivity contribution in [1.29, 1.82) is 0 Å². The molecule has 0 spiro atoms. The molecule has 4 nitrogen and oxygen atoms in total. The van der Waals surface area contributed by atoms with Crippen LogP contribution in [-0.2, 0) is 6.42 Å². The van der Waals surface area contributed by atoms with Crippen LogP contribution in [0.3, 0.4) is 0 Å². The third-order valence-electron chi connectivity index (χ3n) is 5.65. The van der Waals surface area contributed by atoms with Crippen LogP contribution in [0.5, 0.6) is 0 Å². The number of Topliss-reactive ketones (excluding diaryl/α,β-unsaturated/α-hetero) is 1. The number of ketones is 1. The van der Waals surface area contributed by atoms with Crippen molar-refractivity contribution in [3.63, 3.8) is 0 Å². The average molecular weight is 397 g/mol. The fourth-order valence-electron chi connectivity index (χ4n) is 3.98. The zero-order chi connectivity index (χ0) is 20.8. The molecule has 2 aromatic carbocycles. The number of carbonyl (C=O) groups is 2. The van der Waals surface area contributed by atoms with Gasteiger partial charge in [-0.05, 0) is 68.5 Å². The standard InChI is InChI=1S/C24H29FN2O2/c1-18(28)21-7-9-22(10-8-21)24(29)26(2)16-20-4-3-14-27(17-20)15-13-19-5-11-23(25)12-6-19/h5-12,20H,3-4,13-17H2,1-2H3/t20-/m0/s1. The highest BCUT2D eigenvalue weighted by Crippen LogP contribution is 2.19. The molecule has 1 aliphatic heterocycles. The highest BCUT2D eigenvalue weighted by atomic mass is 19.1. The fourth-order valence-corrected chi connectivity index (χ4v) is 3.98. The number of hydrogen-bond donors (Lipinski definition) is 0. The molecule has 1 amide bonds. The van der Waals surface area contributed by atoms with Crippen LogP contribution in [0.2, 0.25) is 0 Å². The zero-order valence-electron chi connectivity index (χ0n) is 17.2. The fraction of sp³-hybridized carbons (Fsp3) is 0.417. The van der Waals surface area contributed by atoms with E-state index >= 15 is 0 Å². The van der Waals surface area contributed by atoms with Gasteiger partial charge in [-0.1, -0.05) is 24.3 Å². The van der Waals surface area contributed by atoms with Gasteiger partial charge in [-0.15, -0.1) is 0 Å². The minimum atomic E-state index is -0.199. The number of rotatable bonds is 7. The third-order valence-corrected chi connectivity index (χ3v) is 5.65. The number of amides is 1. The molecule has 0 aliphatic carbocycles. The molecule has 0 bridgehead atoms. The van der Waals surface area contributed by atoms with Crippen molar-refractivity contribution in [2.75, 3.05) is 33.2 Å². The number of likely N-dealkylation sites (tertiary alicyclic amines) is 1. The summed E-state index contributed by atoms with van der Waals surface area (Å²) in [5, 5.41) is 0. The van der Waals surface area contributed by atoms with Gasteiger partial charge in [-0.25, -0.2) is 4.39 Å². The lowest BCUT2D eigenvalue weighted by Crippen LogP contribution is -2.42. The summed E-state index contributed by atoms with van der Waals surface area (Å²) in [5.41, 5.74) is 2.38. The normalized spacial score (nSPS) is 17.1.